The molecule has 0 amide bonds. The van der Waals surface area contributed by atoms with Crippen LogP contribution in [0.15, 0.2) is 0 Å². The Bertz CT molecular complexity index is 62.3. The van der Waals surface area contributed by atoms with E-state index >= 15 is 0 Å². The molecule has 4 heteroatoms. The maximum Gasteiger partial charge on any atom is 0.332 e. The molecule has 0 bridgehead atoms. The molecule has 3 nitrogen and oxygen atoms in total. The zero-order valence-corrected chi connectivity index (χ0v) is 5.39. The fourth-order valence-corrected chi connectivity index (χ4v) is 1.23. The van der Waals surface area contributed by atoms with Gasteiger partial charge in [0.2, 0.25) is 0 Å². The molecule has 0 N–H and O–H groups in total. The quantitative estimate of drug-likeness (QED) is 0.531. The fraction of sp³-hybridized carbons (Fsp3) is 0.750. The van der Waals surface area contributed by atoms with E-state index in [9.17, 15) is 0 Å². The first-order chi connectivity index (χ1) is 3.93. The first-order valence-corrected chi connectivity index (χ1v) is 3.51. The summed E-state index contributed by atoms with van der Waals surface area (Å²) in [4.78, 5) is 0. The Labute approximate surface area is 49.9 Å². The highest BCUT2D eigenvalue weighted by Crippen LogP contribution is 2.42. The summed E-state index contributed by atoms with van der Waals surface area (Å²) in [5, 5.41) is 0. The Morgan fingerprint density at radius 1 is 1.50 bits per heavy atom. The summed E-state index contributed by atoms with van der Waals surface area (Å²) in [6.45, 7) is 5.22. The van der Waals surface area contributed by atoms with E-state index in [2.05, 4.69) is 6.92 Å². The normalized spacial score (nSPS) is 22.1. The van der Waals surface area contributed by atoms with Crippen LogP contribution in [0.1, 0.15) is 0 Å². The van der Waals surface area contributed by atoms with E-state index in [0.717, 1.165) is 0 Å². The van der Waals surface area contributed by atoms with Crippen molar-refractivity contribution in [2.75, 3.05) is 19.8 Å². The van der Waals surface area contributed by atoms with Crippen molar-refractivity contribution in [3.63, 3.8) is 0 Å². The van der Waals surface area contributed by atoms with E-state index in [-0.39, 0.29) is 0 Å². The molecule has 1 saturated heterocycles. The highest BCUT2D eigenvalue weighted by molar-refractivity contribution is 7.41. The minimum Gasteiger partial charge on any atom is -0.312 e. The predicted octanol–water partition coefficient (Wildman–Crippen LogP) is 1.11. The number of rotatable bonds is 2. The van der Waals surface area contributed by atoms with Gasteiger partial charge in [0.05, 0.1) is 19.8 Å². The van der Waals surface area contributed by atoms with Gasteiger partial charge in [-0.3, -0.25) is 0 Å². The van der Waals surface area contributed by atoms with Gasteiger partial charge < -0.3 is 13.6 Å². The van der Waals surface area contributed by atoms with Crippen molar-refractivity contribution in [3.8, 4) is 0 Å². The molecule has 1 rings (SSSR count). The molecule has 47 valence electrons. The van der Waals surface area contributed by atoms with Crippen LogP contribution in [0.2, 0.25) is 0 Å². The molecule has 1 radical (unpaired) electrons. The van der Waals surface area contributed by atoms with Crippen LogP contribution < -0.4 is 0 Å². The van der Waals surface area contributed by atoms with Gasteiger partial charge in [-0.1, -0.05) is 0 Å². The molecule has 1 aliphatic heterocycles. The Hall–Kier alpha value is 0.310. The molecule has 0 aromatic heterocycles. The van der Waals surface area contributed by atoms with Crippen molar-refractivity contribution < 1.29 is 13.6 Å². The van der Waals surface area contributed by atoms with Crippen LogP contribution in [0.4, 0.5) is 0 Å². The molecule has 0 aliphatic carbocycles. The average Bonchev–Trinajstić information content (AvgIpc) is 2.19. The van der Waals surface area contributed by atoms with Crippen LogP contribution in [0.25, 0.3) is 0 Å². The molecule has 0 aromatic rings. The first kappa shape index (κ1) is 6.43. The van der Waals surface area contributed by atoms with Gasteiger partial charge >= 0.3 is 8.60 Å². The smallest absolute Gasteiger partial charge is 0.312 e. The molecular formula is C4H8O3P. The van der Waals surface area contributed by atoms with Crippen LogP contribution in [0.3, 0.4) is 0 Å². The second-order valence-corrected chi connectivity index (χ2v) is 2.45. The maximum absolute atomic E-state index is 4.97. The largest absolute Gasteiger partial charge is 0.332 e. The van der Waals surface area contributed by atoms with Crippen LogP contribution in [0, 0.1) is 6.92 Å². The van der Waals surface area contributed by atoms with Gasteiger partial charge in [-0.15, -0.1) is 0 Å². The van der Waals surface area contributed by atoms with Gasteiger partial charge in [-0.25, -0.2) is 0 Å². The van der Waals surface area contributed by atoms with Crippen molar-refractivity contribution in [3.05, 3.63) is 6.92 Å². The zero-order valence-electron chi connectivity index (χ0n) is 4.50. The third kappa shape index (κ3) is 1.67. The Morgan fingerprint density at radius 3 is 2.62 bits per heavy atom. The van der Waals surface area contributed by atoms with Crippen LogP contribution in [0.5, 0.6) is 0 Å². The van der Waals surface area contributed by atoms with Crippen LogP contribution in [-0.4, -0.2) is 19.8 Å². The molecular weight excluding hydrogens is 127 g/mol. The minimum atomic E-state index is -1.01. The molecule has 8 heavy (non-hydrogen) atoms. The minimum absolute atomic E-state index is 0.422. The topological polar surface area (TPSA) is 27.7 Å². The molecule has 0 saturated carbocycles. The van der Waals surface area contributed by atoms with E-state index < -0.39 is 8.60 Å². The first-order valence-electron chi connectivity index (χ1n) is 2.41. The van der Waals surface area contributed by atoms with Gasteiger partial charge in [0.25, 0.3) is 0 Å². The lowest BCUT2D eigenvalue weighted by molar-refractivity contribution is 0.271. The second-order valence-electron chi connectivity index (χ2n) is 1.22. The van der Waals surface area contributed by atoms with Crippen molar-refractivity contribution in [2.45, 2.75) is 0 Å². The van der Waals surface area contributed by atoms with Crippen molar-refractivity contribution in [1.82, 2.24) is 0 Å². The molecule has 1 fully saturated rings. The van der Waals surface area contributed by atoms with E-state index in [1.54, 1.807) is 0 Å². The summed E-state index contributed by atoms with van der Waals surface area (Å²) in [5.41, 5.74) is 0. The SMILES string of the molecule is [CH2]COP1OCCO1. The molecule has 0 unspecified atom stereocenters. The van der Waals surface area contributed by atoms with E-state index in [0.29, 0.717) is 19.8 Å². The van der Waals surface area contributed by atoms with Crippen LogP contribution >= 0.6 is 8.60 Å². The van der Waals surface area contributed by atoms with Gasteiger partial charge in [-0.05, 0) is 6.92 Å². The predicted molar refractivity (Wildman–Crippen MR) is 30.1 cm³/mol. The van der Waals surface area contributed by atoms with Crippen molar-refractivity contribution in [1.29, 1.82) is 0 Å². The molecule has 0 aromatic carbocycles. The Kier molecular flexibility index (Phi) is 2.70. The number of hydrogen-bond donors (Lipinski definition) is 0. The summed E-state index contributed by atoms with van der Waals surface area (Å²) >= 11 is 0. The van der Waals surface area contributed by atoms with E-state index in [4.69, 9.17) is 13.6 Å². The maximum atomic E-state index is 4.97. The fourth-order valence-electron chi connectivity index (χ4n) is 0.410. The lowest BCUT2D eigenvalue weighted by Crippen LogP contribution is -1.81. The Morgan fingerprint density at radius 2 is 2.12 bits per heavy atom. The highest BCUT2D eigenvalue weighted by Gasteiger charge is 2.16. The lowest BCUT2D eigenvalue weighted by atomic mass is 10.8. The average molecular weight is 135 g/mol. The highest BCUT2D eigenvalue weighted by atomic mass is 31.2. The van der Waals surface area contributed by atoms with Gasteiger partial charge in [0, 0.05) is 0 Å². The molecule has 0 atom stereocenters. The van der Waals surface area contributed by atoms with Crippen molar-refractivity contribution in [2.24, 2.45) is 0 Å². The molecule has 1 aliphatic rings. The third-order valence-electron chi connectivity index (χ3n) is 0.673. The summed E-state index contributed by atoms with van der Waals surface area (Å²) < 4.78 is 14.9. The number of hydrogen-bond acceptors (Lipinski definition) is 3. The Balaban J connectivity index is 2.06. The third-order valence-corrected chi connectivity index (χ3v) is 1.85. The van der Waals surface area contributed by atoms with Crippen LogP contribution in [-0.2, 0) is 13.6 Å². The van der Waals surface area contributed by atoms with E-state index in [1.165, 1.54) is 0 Å². The summed E-state index contributed by atoms with van der Waals surface area (Å²) in [7, 11) is -1.01. The summed E-state index contributed by atoms with van der Waals surface area (Å²) in [6, 6.07) is 0. The van der Waals surface area contributed by atoms with E-state index in [1.807, 2.05) is 0 Å². The monoisotopic (exact) mass is 135 g/mol. The molecule has 1 heterocycles. The van der Waals surface area contributed by atoms with Gasteiger partial charge in [-0.2, -0.15) is 0 Å². The zero-order chi connectivity index (χ0) is 5.82. The second kappa shape index (κ2) is 3.36. The molecule has 0 spiro atoms. The van der Waals surface area contributed by atoms with Crippen molar-refractivity contribution >= 4 is 8.60 Å². The summed E-state index contributed by atoms with van der Waals surface area (Å²) in [6.07, 6.45) is 0. The summed E-state index contributed by atoms with van der Waals surface area (Å²) in [5.74, 6) is 0. The van der Waals surface area contributed by atoms with Gasteiger partial charge in [0.1, 0.15) is 0 Å². The standard InChI is InChI=1S/C4H8O3P/c1-2-5-8-6-3-4-7-8/h1-4H2. The van der Waals surface area contributed by atoms with Gasteiger partial charge in [0.15, 0.2) is 0 Å². The lowest BCUT2D eigenvalue weighted by Gasteiger charge is -2.03.